The van der Waals surface area contributed by atoms with Gasteiger partial charge in [0.2, 0.25) is 0 Å². The lowest BCUT2D eigenvalue weighted by Crippen LogP contribution is -2.21. The molecule has 0 aliphatic heterocycles. The van der Waals surface area contributed by atoms with Crippen molar-refractivity contribution in [3.63, 3.8) is 0 Å². The molecule has 1 atom stereocenters. The maximum atomic E-state index is 11.1. The summed E-state index contributed by atoms with van der Waals surface area (Å²) >= 11 is 1.73. The Morgan fingerprint density at radius 3 is 2.95 bits per heavy atom. The van der Waals surface area contributed by atoms with Crippen LogP contribution in [0.1, 0.15) is 43.2 Å². The number of tetrazole rings is 1. The number of nitrogens with zero attached hydrogens (tertiary/aromatic N) is 4. The first-order valence-electron chi connectivity index (χ1n) is 7.18. The molecule has 3 rings (SSSR count). The number of carboxylic acids is 1. The number of aromatic nitrogens is 4. The van der Waals surface area contributed by atoms with Crippen molar-refractivity contribution in [3.05, 3.63) is 16.5 Å². The molecule has 1 N–H and O–H groups in total. The van der Waals surface area contributed by atoms with Crippen LogP contribution in [0.2, 0.25) is 0 Å². The molecule has 0 aromatic carbocycles. The molecule has 6 nitrogen and oxygen atoms in total. The molecule has 7 heteroatoms. The second-order valence-electron chi connectivity index (χ2n) is 5.77. The van der Waals surface area contributed by atoms with Crippen molar-refractivity contribution >= 4 is 17.3 Å². The Morgan fingerprint density at radius 2 is 2.29 bits per heavy atom. The minimum Gasteiger partial charge on any atom is -0.481 e. The minimum absolute atomic E-state index is 0.0286. The van der Waals surface area contributed by atoms with Crippen LogP contribution in [-0.4, -0.2) is 31.3 Å². The van der Waals surface area contributed by atoms with E-state index >= 15 is 0 Å². The third-order valence-corrected chi connectivity index (χ3v) is 5.16. The quantitative estimate of drug-likeness (QED) is 0.918. The van der Waals surface area contributed by atoms with E-state index < -0.39 is 5.97 Å². The summed E-state index contributed by atoms with van der Waals surface area (Å²) in [6.07, 6.45) is 3.50. The molecular weight excluding hydrogens is 288 g/mol. The average molecular weight is 306 g/mol. The van der Waals surface area contributed by atoms with Crippen LogP contribution in [0.4, 0.5) is 0 Å². The van der Waals surface area contributed by atoms with E-state index in [2.05, 4.69) is 21.6 Å². The van der Waals surface area contributed by atoms with E-state index in [0.29, 0.717) is 5.82 Å². The molecule has 0 amide bonds. The van der Waals surface area contributed by atoms with E-state index in [1.807, 2.05) is 13.8 Å². The number of hydrogen-bond donors (Lipinski definition) is 1. The van der Waals surface area contributed by atoms with Crippen LogP contribution in [0.15, 0.2) is 6.07 Å². The molecule has 0 saturated heterocycles. The summed E-state index contributed by atoms with van der Waals surface area (Å²) in [5.41, 5.74) is 1.39. The number of carboxylic acid groups (broad SMARTS) is 1. The highest BCUT2D eigenvalue weighted by molar-refractivity contribution is 7.15. The van der Waals surface area contributed by atoms with Crippen LogP contribution in [0.25, 0.3) is 10.7 Å². The molecule has 1 aliphatic rings. The highest BCUT2D eigenvalue weighted by Gasteiger charge is 2.26. The lowest BCUT2D eigenvalue weighted by Gasteiger charge is -2.19. The van der Waals surface area contributed by atoms with Crippen molar-refractivity contribution in [2.24, 2.45) is 5.92 Å². The van der Waals surface area contributed by atoms with Gasteiger partial charge in [0, 0.05) is 4.88 Å². The summed E-state index contributed by atoms with van der Waals surface area (Å²) in [4.78, 5) is 13.5. The second-order valence-corrected chi connectivity index (χ2v) is 6.91. The Labute approximate surface area is 126 Å². The molecule has 2 aromatic rings. The Morgan fingerprint density at radius 1 is 1.48 bits per heavy atom. The van der Waals surface area contributed by atoms with Gasteiger partial charge in [0.05, 0.1) is 17.3 Å². The lowest BCUT2D eigenvalue weighted by molar-refractivity contribution is -0.138. The molecule has 0 saturated carbocycles. The number of fused-ring (bicyclic) bond motifs is 1. The van der Waals surface area contributed by atoms with Crippen molar-refractivity contribution in [1.29, 1.82) is 0 Å². The first kappa shape index (κ1) is 14.2. The summed E-state index contributed by atoms with van der Waals surface area (Å²) in [5.74, 6) is 0.00772. The molecule has 0 fully saturated rings. The average Bonchev–Trinajstić information content (AvgIpc) is 3.09. The van der Waals surface area contributed by atoms with Crippen molar-refractivity contribution in [3.8, 4) is 10.7 Å². The Kier molecular flexibility index (Phi) is 3.75. The van der Waals surface area contributed by atoms with Crippen LogP contribution in [0.3, 0.4) is 0 Å². The Bertz CT molecular complexity index is 640. The zero-order chi connectivity index (χ0) is 15.0. The summed E-state index contributed by atoms with van der Waals surface area (Å²) in [6.45, 7) is 3.99. The molecule has 1 aliphatic carbocycles. The van der Waals surface area contributed by atoms with E-state index in [1.54, 1.807) is 16.0 Å². The Hall–Kier alpha value is -1.76. The van der Waals surface area contributed by atoms with Gasteiger partial charge >= 0.3 is 5.97 Å². The third kappa shape index (κ3) is 2.70. The second kappa shape index (κ2) is 5.55. The fourth-order valence-corrected chi connectivity index (χ4v) is 4.03. The van der Waals surface area contributed by atoms with Crippen molar-refractivity contribution < 1.29 is 9.90 Å². The standard InChI is InChI=1S/C14H18N4O2S/c1-8(2)10(7-13(19)20)18-14(15-16-17-18)12-6-9-4-3-5-11(9)21-12/h6,8,10H,3-5,7H2,1-2H3,(H,19,20). The van der Waals surface area contributed by atoms with Crippen LogP contribution in [-0.2, 0) is 17.6 Å². The fourth-order valence-electron chi connectivity index (χ4n) is 2.80. The molecular formula is C14H18N4O2S. The normalized spacial score (nSPS) is 15.4. The van der Waals surface area contributed by atoms with Gasteiger partial charge < -0.3 is 5.11 Å². The molecule has 0 spiro atoms. The first-order chi connectivity index (χ1) is 10.1. The SMILES string of the molecule is CC(C)C(CC(=O)O)n1nnnc1-c1cc2c(s1)CCC2. The van der Waals surface area contributed by atoms with Crippen LogP contribution < -0.4 is 0 Å². The number of thiophene rings is 1. The smallest absolute Gasteiger partial charge is 0.305 e. The molecule has 0 radical (unpaired) electrons. The van der Waals surface area contributed by atoms with Crippen molar-refractivity contribution in [1.82, 2.24) is 20.2 Å². The first-order valence-corrected chi connectivity index (χ1v) is 7.99. The highest BCUT2D eigenvalue weighted by atomic mass is 32.1. The van der Waals surface area contributed by atoms with E-state index in [4.69, 9.17) is 5.11 Å². The zero-order valence-electron chi connectivity index (χ0n) is 12.1. The zero-order valence-corrected chi connectivity index (χ0v) is 12.9. The van der Waals surface area contributed by atoms with Gasteiger partial charge in [-0.1, -0.05) is 13.8 Å². The van der Waals surface area contributed by atoms with E-state index in [0.717, 1.165) is 17.7 Å². The highest BCUT2D eigenvalue weighted by Crippen LogP contribution is 2.37. The van der Waals surface area contributed by atoms with Gasteiger partial charge in [-0.15, -0.1) is 16.4 Å². The predicted octanol–water partition coefficient (Wildman–Crippen LogP) is 2.56. The summed E-state index contributed by atoms with van der Waals surface area (Å²) in [6, 6.07) is 1.93. The number of hydrogen-bond acceptors (Lipinski definition) is 5. The molecule has 2 aromatic heterocycles. The van der Waals surface area contributed by atoms with Gasteiger partial charge in [0.15, 0.2) is 5.82 Å². The van der Waals surface area contributed by atoms with Crippen LogP contribution >= 0.6 is 11.3 Å². The number of aryl methyl sites for hydroxylation is 2. The van der Waals surface area contributed by atoms with Gasteiger partial charge in [-0.05, 0) is 47.2 Å². The molecule has 1 unspecified atom stereocenters. The maximum Gasteiger partial charge on any atom is 0.305 e. The minimum atomic E-state index is -0.830. The Balaban J connectivity index is 1.97. The maximum absolute atomic E-state index is 11.1. The summed E-state index contributed by atoms with van der Waals surface area (Å²) < 4.78 is 1.68. The molecule has 21 heavy (non-hydrogen) atoms. The van der Waals surface area contributed by atoms with Gasteiger partial charge in [-0.25, -0.2) is 4.68 Å². The number of rotatable bonds is 5. The lowest BCUT2D eigenvalue weighted by atomic mass is 10.0. The number of carbonyl (C=O) groups is 1. The fraction of sp³-hybridized carbons (Fsp3) is 0.571. The number of aliphatic carboxylic acids is 1. The third-order valence-electron chi connectivity index (χ3n) is 3.93. The van der Waals surface area contributed by atoms with Gasteiger partial charge in [-0.2, -0.15) is 0 Å². The van der Waals surface area contributed by atoms with Crippen molar-refractivity contribution in [2.45, 2.75) is 45.6 Å². The largest absolute Gasteiger partial charge is 0.481 e. The molecule has 0 bridgehead atoms. The topological polar surface area (TPSA) is 80.9 Å². The molecule has 112 valence electrons. The van der Waals surface area contributed by atoms with Crippen molar-refractivity contribution in [2.75, 3.05) is 0 Å². The van der Waals surface area contributed by atoms with E-state index in [1.165, 1.54) is 16.9 Å². The monoisotopic (exact) mass is 306 g/mol. The predicted molar refractivity (Wildman–Crippen MR) is 79.3 cm³/mol. The molecule has 2 heterocycles. The van der Waals surface area contributed by atoms with Crippen LogP contribution in [0, 0.1) is 5.92 Å². The van der Waals surface area contributed by atoms with Crippen LogP contribution in [0.5, 0.6) is 0 Å². The van der Waals surface area contributed by atoms with E-state index in [9.17, 15) is 4.79 Å². The van der Waals surface area contributed by atoms with Gasteiger partial charge in [0.25, 0.3) is 0 Å². The van der Waals surface area contributed by atoms with Gasteiger partial charge in [0.1, 0.15) is 0 Å². The van der Waals surface area contributed by atoms with Gasteiger partial charge in [-0.3, -0.25) is 4.79 Å². The van der Waals surface area contributed by atoms with E-state index in [-0.39, 0.29) is 18.4 Å². The summed E-state index contributed by atoms with van der Waals surface area (Å²) in [7, 11) is 0. The summed E-state index contributed by atoms with van der Waals surface area (Å²) in [5, 5.41) is 21.1.